The highest BCUT2D eigenvalue weighted by Gasteiger charge is 2.33. The second-order valence-corrected chi connectivity index (χ2v) is 12.5. The molecule has 0 heterocycles. The summed E-state index contributed by atoms with van der Waals surface area (Å²) in [7, 11) is -2.67. The van der Waals surface area contributed by atoms with Crippen LogP contribution >= 0.6 is 23.2 Å². The Labute approximate surface area is 252 Å². The van der Waals surface area contributed by atoms with Crippen molar-refractivity contribution in [3.63, 3.8) is 0 Å². The Morgan fingerprint density at radius 1 is 0.976 bits per heavy atom. The molecule has 0 aliphatic rings. The number of ether oxygens (including phenoxy) is 1. The smallest absolute Gasteiger partial charge is 0.264 e. The molecule has 0 bridgehead atoms. The van der Waals surface area contributed by atoms with E-state index in [0.29, 0.717) is 27.8 Å². The highest BCUT2D eigenvalue weighted by Crippen LogP contribution is 2.28. The van der Waals surface area contributed by atoms with Gasteiger partial charge in [0.2, 0.25) is 11.8 Å². The Morgan fingerprint density at radius 2 is 1.61 bits per heavy atom. The molecule has 2 atom stereocenters. The molecule has 0 radical (unpaired) electrons. The normalized spacial score (nSPS) is 12.8. The molecule has 0 fully saturated rings. The topological polar surface area (TPSA) is 96.0 Å². The molecular formula is C30H35Cl2N3O5S. The minimum Gasteiger partial charge on any atom is -0.497 e. The number of sulfonamides is 1. The van der Waals surface area contributed by atoms with E-state index in [0.717, 1.165) is 9.87 Å². The number of hydrogen-bond acceptors (Lipinski definition) is 5. The number of methoxy groups -OCH3 is 1. The summed E-state index contributed by atoms with van der Waals surface area (Å²) >= 11 is 12.5. The highest BCUT2D eigenvalue weighted by atomic mass is 35.5. The van der Waals surface area contributed by atoms with E-state index in [1.807, 2.05) is 20.8 Å². The second-order valence-electron chi connectivity index (χ2n) is 9.77. The van der Waals surface area contributed by atoms with Crippen molar-refractivity contribution in [2.24, 2.45) is 0 Å². The average molecular weight is 621 g/mol. The lowest BCUT2D eigenvalue weighted by Gasteiger charge is -2.32. The summed E-state index contributed by atoms with van der Waals surface area (Å²) in [6.07, 6.45) is 0.704. The van der Waals surface area contributed by atoms with E-state index < -0.39 is 28.5 Å². The quantitative estimate of drug-likeness (QED) is 0.275. The summed E-state index contributed by atoms with van der Waals surface area (Å²) in [5.41, 5.74) is 1.72. The Kier molecular flexibility index (Phi) is 11.1. The predicted octanol–water partition coefficient (Wildman–Crippen LogP) is 5.84. The van der Waals surface area contributed by atoms with Crippen molar-refractivity contribution in [2.45, 2.75) is 57.6 Å². The van der Waals surface area contributed by atoms with Crippen LogP contribution in [0.3, 0.4) is 0 Å². The number of aryl methyl sites for hydroxylation is 1. The number of nitrogens with zero attached hydrogens (tertiary/aromatic N) is 2. The number of carbonyl (C=O) groups excluding carboxylic acids is 2. The molecule has 0 aliphatic heterocycles. The van der Waals surface area contributed by atoms with Crippen LogP contribution in [0.15, 0.2) is 71.6 Å². The van der Waals surface area contributed by atoms with Crippen LogP contribution in [0, 0.1) is 6.92 Å². The summed E-state index contributed by atoms with van der Waals surface area (Å²) in [4.78, 5) is 28.5. The first kappa shape index (κ1) is 32.2. The van der Waals surface area contributed by atoms with E-state index in [2.05, 4.69) is 5.32 Å². The second kappa shape index (κ2) is 14.1. The van der Waals surface area contributed by atoms with Gasteiger partial charge in [0.25, 0.3) is 10.0 Å². The van der Waals surface area contributed by atoms with Crippen molar-refractivity contribution in [2.75, 3.05) is 18.0 Å². The van der Waals surface area contributed by atoms with Crippen molar-refractivity contribution < 1.29 is 22.7 Å². The molecule has 3 aromatic rings. The lowest BCUT2D eigenvalue weighted by Crippen LogP contribution is -2.52. The fourth-order valence-corrected chi connectivity index (χ4v) is 5.88. The van der Waals surface area contributed by atoms with Crippen molar-refractivity contribution in [1.82, 2.24) is 10.2 Å². The fourth-order valence-electron chi connectivity index (χ4n) is 4.00. The van der Waals surface area contributed by atoms with Crippen molar-refractivity contribution in [3.8, 4) is 5.75 Å². The number of hydrogen-bond donors (Lipinski definition) is 1. The van der Waals surface area contributed by atoms with Gasteiger partial charge < -0.3 is 15.0 Å². The van der Waals surface area contributed by atoms with Crippen LogP contribution in [0.4, 0.5) is 5.69 Å². The van der Waals surface area contributed by atoms with E-state index in [4.69, 9.17) is 27.9 Å². The van der Waals surface area contributed by atoms with Gasteiger partial charge in [0, 0.05) is 22.6 Å². The third-order valence-electron chi connectivity index (χ3n) is 6.77. The lowest BCUT2D eigenvalue weighted by molar-refractivity contribution is -0.139. The molecule has 8 nitrogen and oxygen atoms in total. The lowest BCUT2D eigenvalue weighted by atomic mass is 10.1. The first-order valence-electron chi connectivity index (χ1n) is 13.1. The molecule has 1 N–H and O–H groups in total. The van der Waals surface area contributed by atoms with E-state index in [9.17, 15) is 18.0 Å². The molecule has 0 aromatic heterocycles. The average Bonchev–Trinajstić information content (AvgIpc) is 2.95. The third-order valence-corrected chi connectivity index (χ3v) is 9.15. The van der Waals surface area contributed by atoms with Gasteiger partial charge in [-0.3, -0.25) is 13.9 Å². The van der Waals surface area contributed by atoms with Gasteiger partial charge in [-0.05, 0) is 81.3 Å². The summed E-state index contributed by atoms with van der Waals surface area (Å²) in [6, 6.07) is 16.6. The van der Waals surface area contributed by atoms with Crippen LogP contribution < -0.4 is 14.4 Å². The standard InChI is InChI=1S/C30H35Cl2N3O5S/c1-6-21(3)33-30(37)22(4)34(18-23-9-10-24(31)17-28(23)32)29(36)19-35(25-11-13-26(40-5)14-12-25)41(38,39)27-15-7-20(2)8-16-27/h7-17,21-22H,6,18-19H2,1-5H3,(H,33,37)/t21-,22-/m1/s1. The monoisotopic (exact) mass is 619 g/mol. The molecule has 11 heteroatoms. The number of nitrogens with one attached hydrogen (secondary N) is 1. The molecule has 2 amide bonds. The van der Waals surface area contributed by atoms with Crippen molar-refractivity contribution >= 4 is 50.7 Å². The number of amides is 2. The highest BCUT2D eigenvalue weighted by molar-refractivity contribution is 7.92. The van der Waals surface area contributed by atoms with Gasteiger partial charge in [0.05, 0.1) is 17.7 Å². The van der Waals surface area contributed by atoms with Crippen molar-refractivity contribution in [3.05, 3.63) is 87.9 Å². The van der Waals surface area contributed by atoms with Gasteiger partial charge in [0.15, 0.2) is 0 Å². The largest absolute Gasteiger partial charge is 0.497 e. The third kappa shape index (κ3) is 8.15. The maximum absolute atomic E-state index is 14.0. The maximum Gasteiger partial charge on any atom is 0.264 e. The van der Waals surface area contributed by atoms with Crippen LogP contribution in [0.2, 0.25) is 10.0 Å². The Bertz CT molecular complexity index is 1460. The van der Waals surface area contributed by atoms with E-state index >= 15 is 0 Å². The van der Waals surface area contributed by atoms with Gasteiger partial charge in [-0.1, -0.05) is 53.9 Å². The minimum atomic E-state index is -4.17. The number of rotatable bonds is 12. The van der Waals surface area contributed by atoms with Crippen molar-refractivity contribution in [1.29, 1.82) is 0 Å². The van der Waals surface area contributed by atoms with Crippen LogP contribution in [0.1, 0.15) is 38.3 Å². The molecule has 41 heavy (non-hydrogen) atoms. The molecule has 0 aliphatic carbocycles. The zero-order valence-electron chi connectivity index (χ0n) is 23.7. The molecule has 0 saturated carbocycles. The van der Waals surface area contributed by atoms with E-state index in [1.165, 1.54) is 24.1 Å². The van der Waals surface area contributed by atoms with E-state index in [-0.39, 0.29) is 29.1 Å². The predicted molar refractivity (Wildman–Crippen MR) is 163 cm³/mol. The van der Waals surface area contributed by atoms with Gasteiger partial charge >= 0.3 is 0 Å². The molecule has 3 aromatic carbocycles. The summed E-state index contributed by atoms with van der Waals surface area (Å²) in [5.74, 6) is -0.424. The summed E-state index contributed by atoms with van der Waals surface area (Å²) < 4.78 is 34.1. The van der Waals surface area contributed by atoms with Gasteiger partial charge in [-0.25, -0.2) is 8.42 Å². The fraction of sp³-hybridized carbons (Fsp3) is 0.333. The van der Waals surface area contributed by atoms with Gasteiger partial charge in [-0.15, -0.1) is 0 Å². The molecule has 220 valence electrons. The van der Waals surface area contributed by atoms with Crippen LogP contribution in [0.5, 0.6) is 5.75 Å². The Hall–Kier alpha value is -3.27. The molecular weight excluding hydrogens is 585 g/mol. The Morgan fingerprint density at radius 3 is 2.17 bits per heavy atom. The molecule has 0 spiro atoms. The number of anilines is 1. The number of carbonyl (C=O) groups is 2. The first-order valence-corrected chi connectivity index (χ1v) is 15.3. The Balaban J connectivity index is 2.05. The van der Waals surface area contributed by atoms with E-state index in [1.54, 1.807) is 61.5 Å². The van der Waals surface area contributed by atoms with Gasteiger partial charge in [0.1, 0.15) is 18.3 Å². The number of benzene rings is 3. The SMILES string of the molecule is CC[C@@H](C)NC(=O)[C@@H](C)N(Cc1ccc(Cl)cc1Cl)C(=O)CN(c1ccc(OC)cc1)S(=O)(=O)c1ccc(C)cc1. The maximum atomic E-state index is 14.0. The van der Waals surface area contributed by atoms with Crippen LogP contribution in [0.25, 0.3) is 0 Å². The number of halogens is 2. The molecule has 3 rings (SSSR count). The zero-order chi connectivity index (χ0) is 30.3. The first-order chi connectivity index (χ1) is 19.4. The van der Waals surface area contributed by atoms with Gasteiger partial charge in [-0.2, -0.15) is 0 Å². The molecule has 0 saturated heterocycles. The summed E-state index contributed by atoms with van der Waals surface area (Å²) in [6.45, 7) is 6.67. The van der Waals surface area contributed by atoms with Crippen LogP contribution in [-0.2, 0) is 26.2 Å². The molecule has 0 unspecified atom stereocenters. The minimum absolute atomic E-state index is 0.0292. The zero-order valence-corrected chi connectivity index (χ0v) is 26.1. The summed E-state index contributed by atoms with van der Waals surface area (Å²) in [5, 5.41) is 3.65. The van der Waals surface area contributed by atoms with Crippen LogP contribution in [-0.4, -0.2) is 50.9 Å².